The second kappa shape index (κ2) is 6.25. The third kappa shape index (κ3) is 3.00. The van der Waals surface area contributed by atoms with Crippen LogP contribution in [-0.4, -0.2) is 33.4 Å². The van der Waals surface area contributed by atoms with Gasteiger partial charge in [-0.05, 0) is 31.5 Å². The molecule has 0 aliphatic carbocycles. The maximum absolute atomic E-state index is 12.2. The van der Waals surface area contributed by atoms with E-state index in [4.69, 9.17) is 11.6 Å². The molecule has 0 aromatic heterocycles. The van der Waals surface area contributed by atoms with Gasteiger partial charge >= 0.3 is 0 Å². The summed E-state index contributed by atoms with van der Waals surface area (Å²) in [5, 5.41) is 9.93. The minimum absolute atomic E-state index is 0.0314. The zero-order valence-electron chi connectivity index (χ0n) is 10.7. The smallest absolute Gasteiger partial charge is 0.273 e. The van der Waals surface area contributed by atoms with Gasteiger partial charge in [0.05, 0.1) is 4.92 Å². The van der Waals surface area contributed by atoms with E-state index in [9.17, 15) is 24.5 Å². The number of nitrogens with zero attached hydrogens (tertiary/aromatic N) is 2. The summed E-state index contributed by atoms with van der Waals surface area (Å²) in [6.45, 7) is 2.68. The molecular weight excluding hydrogens is 288 g/mol. The molecule has 0 N–H and O–H groups in total. The van der Waals surface area contributed by atoms with Crippen molar-refractivity contribution in [2.24, 2.45) is 0 Å². The maximum Gasteiger partial charge on any atom is 0.273 e. The van der Waals surface area contributed by atoms with Crippen LogP contribution in [0, 0.1) is 17.0 Å². The van der Waals surface area contributed by atoms with Crippen LogP contribution in [0.2, 0.25) is 0 Å². The molecule has 1 unspecified atom stereocenters. The molecular formula is C12H11ClN2O5. The zero-order valence-corrected chi connectivity index (χ0v) is 11.5. The molecule has 20 heavy (non-hydrogen) atoms. The van der Waals surface area contributed by atoms with Gasteiger partial charge in [0.15, 0.2) is 0 Å². The van der Waals surface area contributed by atoms with E-state index in [1.807, 2.05) is 0 Å². The number of carbonyl (C=O) groups excluding carboxylic acids is 3. The number of benzene rings is 1. The second-order valence-electron chi connectivity index (χ2n) is 4.00. The Labute approximate surface area is 119 Å². The van der Waals surface area contributed by atoms with Gasteiger partial charge < -0.3 is 0 Å². The zero-order chi connectivity index (χ0) is 15.4. The Hall–Kier alpha value is -2.28. The lowest BCUT2D eigenvalue weighted by atomic mass is 10.1. The fraction of sp³-hybridized carbons (Fsp3) is 0.250. The van der Waals surface area contributed by atoms with Crippen molar-refractivity contribution in [1.29, 1.82) is 0 Å². The normalized spacial score (nSPS) is 11.6. The van der Waals surface area contributed by atoms with Crippen LogP contribution in [0.4, 0.5) is 5.69 Å². The van der Waals surface area contributed by atoms with E-state index < -0.39 is 22.1 Å². The van der Waals surface area contributed by atoms with Crippen LogP contribution in [0.1, 0.15) is 22.8 Å². The highest BCUT2D eigenvalue weighted by Crippen LogP contribution is 2.22. The largest absolute Gasteiger partial charge is 0.279 e. The Morgan fingerprint density at radius 3 is 2.50 bits per heavy atom. The summed E-state index contributed by atoms with van der Waals surface area (Å²) in [6, 6.07) is 2.76. The van der Waals surface area contributed by atoms with Crippen molar-refractivity contribution in [2.75, 3.05) is 0 Å². The molecule has 8 heteroatoms. The number of halogens is 1. The summed E-state index contributed by atoms with van der Waals surface area (Å²) in [5.41, 5.74) is -0.161. The molecule has 106 valence electrons. The highest BCUT2D eigenvalue weighted by atomic mass is 35.5. The quantitative estimate of drug-likeness (QED) is 0.356. The van der Waals surface area contributed by atoms with E-state index in [0.29, 0.717) is 4.90 Å². The number of nitro groups is 1. The molecule has 0 fully saturated rings. The number of carbonyl (C=O) groups is 3. The first-order valence-corrected chi connectivity index (χ1v) is 5.90. The molecule has 0 spiro atoms. The van der Waals surface area contributed by atoms with E-state index in [0.717, 1.165) is 0 Å². The van der Waals surface area contributed by atoms with Gasteiger partial charge in [0.25, 0.3) is 11.6 Å². The molecule has 1 atom stereocenters. The van der Waals surface area contributed by atoms with Gasteiger partial charge in [-0.1, -0.05) is 6.07 Å². The lowest BCUT2D eigenvalue weighted by Gasteiger charge is -2.20. The van der Waals surface area contributed by atoms with Crippen molar-refractivity contribution in [3.63, 3.8) is 0 Å². The van der Waals surface area contributed by atoms with Crippen molar-refractivity contribution in [2.45, 2.75) is 19.9 Å². The van der Waals surface area contributed by atoms with Crippen LogP contribution < -0.4 is 0 Å². The number of hydrogen-bond acceptors (Lipinski definition) is 5. The minimum Gasteiger partial charge on any atom is -0.279 e. The summed E-state index contributed by atoms with van der Waals surface area (Å²) in [7, 11) is 0. The fourth-order valence-electron chi connectivity index (χ4n) is 1.62. The van der Waals surface area contributed by atoms with Gasteiger partial charge in [-0.2, -0.15) is 0 Å². The highest BCUT2D eigenvalue weighted by Gasteiger charge is 2.28. The lowest BCUT2D eigenvalue weighted by Crippen LogP contribution is -2.41. The van der Waals surface area contributed by atoms with E-state index in [1.165, 1.54) is 32.0 Å². The van der Waals surface area contributed by atoms with E-state index in [1.54, 1.807) is 0 Å². The van der Waals surface area contributed by atoms with Gasteiger partial charge in [-0.3, -0.25) is 29.4 Å². The molecule has 7 nitrogen and oxygen atoms in total. The average molecular weight is 299 g/mol. The number of rotatable bonds is 5. The van der Waals surface area contributed by atoms with Crippen molar-refractivity contribution in [3.8, 4) is 0 Å². The molecule has 0 saturated carbocycles. The lowest BCUT2D eigenvalue weighted by molar-refractivity contribution is -0.385. The predicted octanol–water partition coefficient (Wildman–Crippen LogP) is 1.66. The SMILES string of the molecule is Cc1c(C(=O)N(C=O)C(C)C(=O)Cl)cccc1[N+](=O)[O-]. The van der Waals surface area contributed by atoms with Crippen LogP contribution in [0.25, 0.3) is 0 Å². The third-order valence-electron chi connectivity index (χ3n) is 2.83. The maximum atomic E-state index is 12.2. The first-order chi connectivity index (χ1) is 9.31. The molecule has 1 aromatic rings. The Kier molecular flexibility index (Phi) is 4.93. The van der Waals surface area contributed by atoms with E-state index >= 15 is 0 Å². The van der Waals surface area contributed by atoms with Gasteiger partial charge in [0.2, 0.25) is 11.7 Å². The molecule has 0 saturated heterocycles. The molecule has 0 bridgehead atoms. The molecule has 2 amide bonds. The third-order valence-corrected chi connectivity index (χ3v) is 3.14. The van der Waals surface area contributed by atoms with Crippen molar-refractivity contribution < 1.29 is 19.3 Å². The Morgan fingerprint density at radius 1 is 1.45 bits per heavy atom. The van der Waals surface area contributed by atoms with Crippen LogP contribution in [0.15, 0.2) is 18.2 Å². The Balaban J connectivity index is 3.27. The second-order valence-corrected chi connectivity index (χ2v) is 4.38. The Morgan fingerprint density at radius 2 is 2.05 bits per heavy atom. The number of amides is 2. The van der Waals surface area contributed by atoms with Gasteiger partial charge in [0, 0.05) is 17.2 Å². The van der Waals surface area contributed by atoms with Crippen LogP contribution in [0.5, 0.6) is 0 Å². The molecule has 0 aliphatic heterocycles. The number of nitro benzene ring substituents is 1. The summed E-state index contributed by atoms with van der Waals surface area (Å²) in [6.07, 6.45) is 0.172. The number of hydrogen-bond donors (Lipinski definition) is 0. The number of imide groups is 1. The minimum atomic E-state index is -1.15. The van der Waals surface area contributed by atoms with Crippen LogP contribution >= 0.6 is 11.6 Å². The first kappa shape index (κ1) is 15.8. The molecule has 0 aliphatic rings. The van der Waals surface area contributed by atoms with Crippen LogP contribution in [-0.2, 0) is 9.59 Å². The molecule has 0 heterocycles. The van der Waals surface area contributed by atoms with Crippen molar-refractivity contribution in [3.05, 3.63) is 39.4 Å². The monoisotopic (exact) mass is 298 g/mol. The van der Waals surface area contributed by atoms with Crippen LogP contribution in [0.3, 0.4) is 0 Å². The summed E-state index contributed by atoms with van der Waals surface area (Å²) in [4.78, 5) is 45.0. The Bertz CT molecular complexity index is 587. The van der Waals surface area contributed by atoms with E-state index in [2.05, 4.69) is 0 Å². The summed E-state index contributed by atoms with van der Waals surface area (Å²) < 4.78 is 0. The summed E-state index contributed by atoms with van der Waals surface area (Å²) in [5.74, 6) is -0.817. The highest BCUT2D eigenvalue weighted by molar-refractivity contribution is 6.64. The van der Waals surface area contributed by atoms with Crippen molar-refractivity contribution in [1.82, 2.24) is 4.90 Å². The predicted molar refractivity (Wildman–Crippen MR) is 70.4 cm³/mol. The van der Waals surface area contributed by atoms with Crippen molar-refractivity contribution >= 4 is 34.8 Å². The molecule has 1 rings (SSSR count). The molecule has 0 radical (unpaired) electrons. The first-order valence-electron chi connectivity index (χ1n) is 5.52. The topological polar surface area (TPSA) is 97.6 Å². The van der Waals surface area contributed by atoms with E-state index in [-0.39, 0.29) is 23.2 Å². The fourth-order valence-corrected chi connectivity index (χ4v) is 1.72. The van der Waals surface area contributed by atoms with Gasteiger partial charge in [-0.15, -0.1) is 0 Å². The van der Waals surface area contributed by atoms with Gasteiger partial charge in [-0.25, -0.2) is 0 Å². The average Bonchev–Trinajstić information content (AvgIpc) is 2.38. The molecule has 1 aromatic carbocycles. The van der Waals surface area contributed by atoms with Gasteiger partial charge in [0.1, 0.15) is 6.04 Å². The standard InChI is InChI=1S/C12H11ClN2O5/c1-7-9(4-3-5-10(7)15(19)20)12(18)14(6-16)8(2)11(13)17/h3-6,8H,1-2H3. The summed E-state index contributed by atoms with van der Waals surface area (Å²) >= 11 is 5.25.